The van der Waals surface area contributed by atoms with Crippen molar-refractivity contribution in [3.8, 4) is 11.8 Å². The van der Waals surface area contributed by atoms with Crippen LogP contribution in [-0.4, -0.2) is 49.3 Å². The van der Waals surface area contributed by atoms with Crippen LogP contribution in [0.4, 0.5) is 13.2 Å². The highest BCUT2D eigenvalue weighted by atomic mass is 19.4. The Hall–Kier alpha value is -2.27. The quantitative estimate of drug-likeness (QED) is 0.860. The van der Waals surface area contributed by atoms with Gasteiger partial charge in [0.05, 0.1) is 17.7 Å². The number of rotatable bonds is 6. The van der Waals surface area contributed by atoms with Gasteiger partial charge in [-0.2, -0.15) is 18.4 Å². The monoisotopic (exact) mass is 341 g/mol. The number of alkyl halides is 3. The predicted octanol–water partition coefficient (Wildman–Crippen LogP) is 2.08. The van der Waals surface area contributed by atoms with Crippen molar-refractivity contribution in [2.45, 2.75) is 25.1 Å². The van der Waals surface area contributed by atoms with Gasteiger partial charge >= 0.3 is 6.18 Å². The van der Waals surface area contributed by atoms with E-state index in [2.05, 4.69) is 0 Å². The molecule has 1 aliphatic heterocycles. The van der Waals surface area contributed by atoms with Crippen LogP contribution < -0.4 is 10.1 Å². The molecule has 0 spiro atoms. The van der Waals surface area contributed by atoms with Crippen molar-refractivity contribution in [2.24, 2.45) is 0 Å². The van der Waals surface area contributed by atoms with E-state index in [1.165, 1.54) is 0 Å². The number of carbonyl (C=O) groups excluding carboxylic acids is 1. The van der Waals surface area contributed by atoms with Crippen molar-refractivity contribution in [3.63, 3.8) is 0 Å². The zero-order valence-corrected chi connectivity index (χ0v) is 13.0. The van der Waals surface area contributed by atoms with Gasteiger partial charge in [0.25, 0.3) is 0 Å². The average molecular weight is 341 g/mol. The Bertz CT molecular complexity index is 613. The molecule has 1 amide bonds. The minimum Gasteiger partial charge on any atom is -0.492 e. The molecule has 1 fully saturated rings. The summed E-state index contributed by atoms with van der Waals surface area (Å²) in [5, 5.41) is 10.8. The molecule has 8 heteroatoms. The molecule has 0 aliphatic carbocycles. The van der Waals surface area contributed by atoms with Crippen LogP contribution in [0.15, 0.2) is 24.3 Å². The number of nitrogens with one attached hydrogen (secondary N) is 1. The zero-order chi connectivity index (χ0) is 17.6. The van der Waals surface area contributed by atoms with Crippen molar-refractivity contribution in [2.75, 3.05) is 26.2 Å². The Kier molecular flexibility index (Phi) is 6.04. The molecule has 0 aromatic heterocycles. The summed E-state index contributed by atoms with van der Waals surface area (Å²) in [6.07, 6.45) is -3.12. The zero-order valence-electron chi connectivity index (χ0n) is 13.0. The molecule has 130 valence electrons. The third-order valence-electron chi connectivity index (χ3n) is 3.74. The first kappa shape index (κ1) is 18.1. The van der Waals surface area contributed by atoms with E-state index < -0.39 is 24.7 Å². The molecule has 0 radical (unpaired) electrons. The second-order valence-electron chi connectivity index (χ2n) is 5.52. The summed E-state index contributed by atoms with van der Waals surface area (Å²) in [6, 6.07) is 8.15. The molecule has 1 atom stereocenters. The highest BCUT2D eigenvalue weighted by Crippen LogP contribution is 2.19. The molecule has 0 bridgehead atoms. The van der Waals surface area contributed by atoms with Crippen LogP contribution in [0.5, 0.6) is 5.75 Å². The number of hydrogen-bond acceptors (Lipinski definition) is 4. The second-order valence-corrected chi connectivity index (χ2v) is 5.52. The van der Waals surface area contributed by atoms with Crippen molar-refractivity contribution >= 4 is 5.91 Å². The van der Waals surface area contributed by atoms with Crippen LogP contribution in [0.1, 0.15) is 18.4 Å². The third kappa shape index (κ3) is 5.42. The lowest BCUT2D eigenvalue weighted by atomic mass is 10.2. The van der Waals surface area contributed by atoms with Gasteiger partial charge in [-0.3, -0.25) is 9.69 Å². The van der Waals surface area contributed by atoms with Gasteiger partial charge in [-0.25, -0.2) is 0 Å². The first-order valence-electron chi connectivity index (χ1n) is 7.60. The molecule has 24 heavy (non-hydrogen) atoms. The maximum Gasteiger partial charge on any atom is 0.405 e. The number of nitriles is 1. The van der Waals surface area contributed by atoms with E-state index in [-0.39, 0.29) is 6.61 Å². The van der Waals surface area contributed by atoms with Crippen LogP contribution in [0.25, 0.3) is 0 Å². The Labute approximate surface area is 138 Å². The molecule has 1 aromatic carbocycles. The van der Waals surface area contributed by atoms with Gasteiger partial charge in [-0.1, -0.05) is 6.07 Å². The minimum atomic E-state index is -4.41. The number of amides is 1. The molecular weight excluding hydrogens is 323 g/mol. The van der Waals surface area contributed by atoms with Gasteiger partial charge in [0, 0.05) is 6.54 Å². The maximum atomic E-state index is 12.2. The lowest BCUT2D eigenvalue weighted by Gasteiger charge is -2.23. The summed E-state index contributed by atoms with van der Waals surface area (Å²) in [7, 11) is 0. The van der Waals surface area contributed by atoms with Gasteiger partial charge in [0.15, 0.2) is 0 Å². The van der Waals surface area contributed by atoms with Crippen LogP contribution in [0.3, 0.4) is 0 Å². The Morgan fingerprint density at radius 2 is 2.25 bits per heavy atom. The van der Waals surface area contributed by atoms with E-state index in [4.69, 9.17) is 10.00 Å². The normalized spacial score (nSPS) is 18.2. The van der Waals surface area contributed by atoms with Crippen LogP contribution in [0.2, 0.25) is 0 Å². The number of carbonyl (C=O) groups is 1. The predicted molar refractivity (Wildman–Crippen MR) is 80.3 cm³/mol. The molecule has 1 heterocycles. The van der Waals surface area contributed by atoms with E-state index in [0.29, 0.717) is 30.8 Å². The first-order chi connectivity index (χ1) is 11.4. The van der Waals surface area contributed by atoms with E-state index in [9.17, 15) is 18.0 Å². The smallest absolute Gasteiger partial charge is 0.405 e. The Morgan fingerprint density at radius 1 is 1.46 bits per heavy atom. The Morgan fingerprint density at radius 3 is 2.96 bits per heavy atom. The van der Waals surface area contributed by atoms with Gasteiger partial charge in [-0.05, 0) is 37.6 Å². The fourth-order valence-corrected chi connectivity index (χ4v) is 2.63. The lowest BCUT2D eigenvalue weighted by Crippen LogP contribution is -2.46. The SMILES string of the molecule is N#Cc1cccc(OCCN2CCC[C@@H]2C(=O)NCC(F)(F)F)c1. The largest absolute Gasteiger partial charge is 0.492 e. The Balaban J connectivity index is 1.81. The summed E-state index contributed by atoms with van der Waals surface area (Å²) in [6.45, 7) is 0.0537. The number of ether oxygens (including phenoxy) is 1. The summed E-state index contributed by atoms with van der Waals surface area (Å²) >= 11 is 0. The fourth-order valence-electron chi connectivity index (χ4n) is 2.63. The number of nitrogens with zero attached hydrogens (tertiary/aromatic N) is 2. The molecule has 2 rings (SSSR count). The second kappa shape index (κ2) is 8.02. The van der Waals surface area contributed by atoms with Crippen LogP contribution in [0, 0.1) is 11.3 Å². The van der Waals surface area contributed by atoms with E-state index in [1.54, 1.807) is 24.3 Å². The van der Waals surface area contributed by atoms with Crippen molar-refractivity contribution in [1.82, 2.24) is 10.2 Å². The standard InChI is InChI=1S/C16H18F3N3O2/c17-16(18,19)11-21-15(23)14-5-2-6-22(14)7-8-24-13-4-1-3-12(9-13)10-20/h1,3-4,9,14H,2,5-8,11H2,(H,21,23)/t14-/m1/s1. The molecule has 1 aromatic rings. The van der Waals surface area contributed by atoms with Gasteiger partial charge in [0.1, 0.15) is 18.9 Å². The molecule has 0 unspecified atom stereocenters. The number of hydrogen-bond donors (Lipinski definition) is 1. The first-order valence-corrected chi connectivity index (χ1v) is 7.60. The molecule has 5 nitrogen and oxygen atoms in total. The lowest BCUT2D eigenvalue weighted by molar-refractivity contribution is -0.141. The molecular formula is C16H18F3N3O2. The summed E-state index contributed by atoms with van der Waals surface area (Å²) in [4.78, 5) is 13.7. The highest BCUT2D eigenvalue weighted by molar-refractivity contribution is 5.82. The fraction of sp³-hybridized carbons (Fsp3) is 0.500. The number of halogens is 3. The van der Waals surface area contributed by atoms with Gasteiger partial charge in [0.2, 0.25) is 5.91 Å². The third-order valence-corrected chi connectivity index (χ3v) is 3.74. The summed E-state index contributed by atoms with van der Waals surface area (Å²) < 4.78 is 42.1. The molecule has 0 saturated carbocycles. The molecule has 1 aliphatic rings. The van der Waals surface area contributed by atoms with Gasteiger partial charge < -0.3 is 10.1 Å². The van der Waals surface area contributed by atoms with Gasteiger partial charge in [-0.15, -0.1) is 0 Å². The topological polar surface area (TPSA) is 65.4 Å². The summed E-state index contributed by atoms with van der Waals surface area (Å²) in [5.74, 6) is -0.0531. The van der Waals surface area contributed by atoms with Crippen molar-refractivity contribution in [1.29, 1.82) is 5.26 Å². The number of likely N-dealkylation sites (tertiary alicyclic amines) is 1. The highest BCUT2D eigenvalue weighted by Gasteiger charge is 2.33. The van der Waals surface area contributed by atoms with E-state index in [0.717, 1.165) is 6.42 Å². The van der Waals surface area contributed by atoms with Crippen molar-refractivity contribution in [3.05, 3.63) is 29.8 Å². The minimum absolute atomic E-state index is 0.290. The number of benzene rings is 1. The van der Waals surface area contributed by atoms with E-state index >= 15 is 0 Å². The molecule has 1 saturated heterocycles. The van der Waals surface area contributed by atoms with Crippen LogP contribution in [-0.2, 0) is 4.79 Å². The maximum absolute atomic E-state index is 12.2. The van der Waals surface area contributed by atoms with E-state index in [1.807, 2.05) is 16.3 Å². The van der Waals surface area contributed by atoms with Crippen LogP contribution >= 0.6 is 0 Å². The molecule has 1 N–H and O–H groups in total. The summed E-state index contributed by atoms with van der Waals surface area (Å²) in [5.41, 5.74) is 0.484. The average Bonchev–Trinajstić information content (AvgIpc) is 3.01. The van der Waals surface area contributed by atoms with Crippen molar-refractivity contribution < 1.29 is 22.7 Å².